The standard InChI is InChI=1S/C58H36N2/c1-2-13-37(14-3-1)38-15-10-17-42(33-38)59-54-25-8-6-21-47(54)52-35-39(27-31-56(52)59)40-28-32-57-53(36-40)48-22-7-9-26-55(48)60(57)43-18-11-16-41(34-43)44-29-30-51-46-20-5-4-19-45(46)50-24-12-23-49(44)58(50)51/h1-36H. The van der Waals surface area contributed by atoms with Gasteiger partial charge in [-0.25, -0.2) is 0 Å². The van der Waals surface area contributed by atoms with Gasteiger partial charge in [-0.05, 0) is 127 Å². The zero-order valence-electron chi connectivity index (χ0n) is 32.7. The molecule has 0 N–H and O–H groups in total. The molecule has 2 aromatic heterocycles. The van der Waals surface area contributed by atoms with E-state index in [0.29, 0.717) is 0 Å². The van der Waals surface area contributed by atoms with E-state index in [9.17, 15) is 0 Å². The van der Waals surface area contributed by atoms with Crippen molar-refractivity contribution in [2.45, 2.75) is 0 Å². The third-order valence-electron chi connectivity index (χ3n) is 12.9. The molecule has 12 aromatic rings. The lowest BCUT2D eigenvalue weighted by Crippen LogP contribution is -1.95. The summed E-state index contributed by atoms with van der Waals surface area (Å²) in [4.78, 5) is 0. The minimum atomic E-state index is 1.16. The molecule has 2 heterocycles. The van der Waals surface area contributed by atoms with Crippen molar-refractivity contribution in [3.63, 3.8) is 0 Å². The van der Waals surface area contributed by atoms with Gasteiger partial charge in [0.25, 0.3) is 0 Å². The number of aromatic nitrogens is 2. The monoisotopic (exact) mass is 760 g/mol. The highest BCUT2D eigenvalue weighted by molar-refractivity contribution is 6.19. The van der Waals surface area contributed by atoms with Crippen LogP contribution in [0, 0.1) is 0 Å². The molecule has 2 nitrogen and oxygen atoms in total. The van der Waals surface area contributed by atoms with Gasteiger partial charge in [0.15, 0.2) is 0 Å². The highest BCUT2D eigenvalue weighted by Crippen LogP contribution is 2.49. The number of nitrogens with zero attached hydrogens (tertiary/aromatic N) is 2. The van der Waals surface area contributed by atoms with Gasteiger partial charge in [-0.2, -0.15) is 0 Å². The van der Waals surface area contributed by atoms with Crippen molar-refractivity contribution >= 4 is 54.4 Å². The predicted octanol–water partition coefficient (Wildman–Crippen LogP) is 15.7. The third kappa shape index (κ3) is 4.82. The zero-order chi connectivity index (χ0) is 39.3. The van der Waals surface area contributed by atoms with Crippen LogP contribution in [0.2, 0.25) is 0 Å². The molecule has 60 heavy (non-hydrogen) atoms. The quantitative estimate of drug-likeness (QED) is 0.165. The Morgan fingerprint density at radius 1 is 0.217 bits per heavy atom. The predicted molar refractivity (Wildman–Crippen MR) is 253 cm³/mol. The Hall–Kier alpha value is -7.94. The van der Waals surface area contributed by atoms with Crippen LogP contribution < -0.4 is 0 Å². The summed E-state index contributed by atoms with van der Waals surface area (Å²) in [5.74, 6) is 0. The second-order valence-corrected chi connectivity index (χ2v) is 16.1. The molecule has 0 saturated carbocycles. The molecule has 10 aromatic carbocycles. The van der Waals surface area contributed by atoms with E-state index in [2.05, 4.69) is 228 Å². The van der Waals surface area contributed by atoms with Crippen LogP contribution in [0.5, 0.6) is 0 Å². The maximum absolute atomic E-state index is 2.44. The lowest BCUT2D eigenvalue weighted by Gasteiger charge is -2.13. The Balaban J connectivity index is 0.934. The second kappa shape index (κ2) is 12.8. The molecule has 0 spiro atoms. The summed E-state index contributed by atoms with van der Waals surface area (Å²) < 4.78 is 4.85. The van der Waals surface area contributed by atoms with Crippen LogP contribution in [-0.4, -0.2) is 9.13 Å². The number of hydrogen-bond acceptors (Lipinski definition) is 0. The Kier molecular flexibility index (Phi) is 7.05. The molecular weight excluding hydrogens is 725 g/mol. The van der Waals surface area contributed by atoms with Gasteiger partial charge in [-0.1, -0.05) is 158 Å². The maximum Gasteiger partial charge on any atom is 0.0541 e. The van der Waals surface area contributed by atoms with Gasteiger partial charge in [0.05, 0.1) is 22.1 Å². The topological polar surface area (TPSA) is 9.86 Å². The largest absolute Gasteiger partial charge is 0.309 e. The van der Waals surface area contributed by atoms with Gasteiger partial charge in [-0.15, -0.1) is 0 Å². The summed E-state index contributed by atoms with van der Waals surface area (Å²) in [6, 6.07) is 80.4. The Bertz CT molecular complexity index is 3680. The normalized spacial score (nSPS) is 12.0. The summed E-state index contributed by atoms with van der Waals surface area (Å²) >= 11 is 0. The van der Waals surface area contributed by atoms with Gasteiger partial charge in [0, 0.05) is 32.9 Å². The summed E-state index contributed by atoms with van der Waals surface area (Å²) in [7, 11) is 0. The first-order valence-electron chi connectivity index (χ1n) is 20.8. The minimum Gasteiger partial charge on any atom is -0.309 e. The van der Waals surface area contributed by atoms with Gasteiger partial charge < -0.3 is 9.13 Å². The zero-order valence-corrected chi connectivity index (χ0v) is 32.7. The molecule has 1 aliphatic rings. The van der Waals surface area contributed by atoms with Crippen LogP contribution in [-0.2, 0) is 0 Å². The Morgan fingerprint density at radius 3 is 1.30 bits per heavy atom. The SMILES string of the molecule is c1ccc(-c2cccc(-n3c4ccccc4c4cc(-c5ccc6c(c5)c5ccccc5n6-c5cccc(-c6ccc7c8c(cccc68)-c6ccccc6-7)c5)ccc43)c2)cc1. The first-order chi connectivity index (χ1) is 29.8. The smallest absolute Gasteiger partial charge is 0.0541 e. The fourth-order valence-corrected chi connectivity index (χ4v) is 10.2. The van der Waals surface area contributed by atoms with Crippen LogP contribution in [0.15, 0.2) is 218 Å². The maximum atomic E-state index is 2.44. The number of fused-ring (bicyclic) bond motifs is 9. The Morgan fingerprint density at radius 2 is 0.650 bits per heavy atom. The Labute approximate surface area is 347 Å². The van der Waals surface area contributed by atoms with E-state index in [0.717, 1.165) is 11.4 Å². The molecule has 0 bridgehead atoms. The third-order valence-corrected chi connectivity index (χ3v) is 12.9. The lowest BCUT2D eigenvalue weighted by atomic mass is 9.94. The van der Waals surface area contributed by atoms with Crippen LogP contribution in [0.4, 0.5) is 0 Å². The molecule has 278 valence electrons. The first-order valence-corrected chi connectivity index (χ1v) is 20.8. The van der Waals surface area contributed by atoms with Gasteiger partial charge >= 0.3 is 0 Å². The van der Waals surface area contributed by atoms with E-state index in [4.69, 9.17) is 0 Å². The second-order valence-electron chi connectivity index (χ2n) is 16.1. The first kappa shape index (κ1) is 33.1. The molecule has 0 amide bonds. The van der Waals surface area contributed by atoms with Crippen molar-refractivity contribution < 1.29 is 0 Å². The molecule has 2 heteroatoms. The minimum absolute atomic E-state index is 1.16. The molecule has 0 atom stereocenters. The van der Waals surface area contributed by atoms with Gasteiger partial charge in [0.2, 0.25) is 0 Å². The number of rotatable bonds is 5. The van der Waals surface area contributed by atoms with Crippen molar-refractivity contribution in [2.75, 3.05) is 0 Å². The molecule has 0 radical (unpaired) electrons. The number of para-hydroxylation sites is 2. The molecule has 0 saturated heterocycles. The molecule has 0 aliphatic heterocycles. The van der Waals surface area contributed by atoms with Crippen molar-refractivity contribution in [2.24, 2.45) is 0 Å². The molecule has 13 rings (SSSR count). The molecule has 0 unspecified atom stereocenters. The molecular formula is C58H36N2. The lowest BCUT2D eigenvalue weighted by molar-refractivity contribution is 1.18. The van der Waals surface area contributed by atoms with Crippen molar-refractivity contribution in [1.82, 2.24) is 9.13 Å². The van der Waals surface area contributed by atoms with Crippen molar-refractivity contribution in [3.8, 4) is 67.0 Å². The van der Waals surface area contributed by atoms with E-state index < -0.39 is 0 Å². The van der Waals surface area contributed by atoms with E-state index in [1.165, 1.54) is 110 Å². The molecule has 0 fully saturated rings. The summed E-state index contributed by atoms with van der Waals surface area (Å²) in [5, 5.41) is 7.65. The average molecular weight is 761 g/mol. The highest BCUT2D eigenvalue weighted by Gasteiger charge is 2.23. The fourth-order valence-electron chi connectivity index (χ4n) is 10.2. The highest BCUT2D eigenvalue weighted by atomic mass is 15.0. The van der Waals surface area contributed by atoms with Crippen LogP contribution >= 0.6 is 0 Å². The van der Waals surface area contributed by atoms with E-state index in [1.807, 2.05) is 0 Å². The van der Waals surface area contributed by atoms with E-state index in [1.54, 1.807) is 0 Å². The van der Waals surface area contributed by atoms with Crippen molar-refractivity contribution in [3.05, 3.63) is 218 Å². The number of benzene rings is 10. The fraction of sp³-hybridized carbons (Fsp3) is 0. The van der Waals surface area contributed by atoms with Crippen molar-refractivity contribution in [1.29, 1.82) is 0 Å². The van der Waals surface area contributed by atoms with Gasteiger partial charge in [-0.3, -0.25) is 0 Å². The summed E-state index contributed by atoms with van der Waals surface area (Å²) in [5.41, 5.74) is 19.7. The van der Waals surface area contributed by atoms with Crippen LogP contribution in [0.3, 0.4) is 0 Å². The summed E-state index contributed by atoms with van der Waals surface area (Å²) in [6.45, 7) is 0. The van der Waals surface area contributed by atoms with E-state index >= 15 is 0 Å². The van der Waals surface area contributed by atoms with E-state index in [-0.39, 0.29) is 0 Å². The molecule has 1 aliphatic carbocycles. The number of hydrogen-bond donors (Lipinski definition) is 0. The average Bonchev–Trinajstić information content (AvgIpc) is 3.95. The van der Waals surface area contributed by atoms with Crippen LogP contribution in [0.1, 0.15) is 0 Å². The van der Waals surface area contributed by atoms with Gasteiger partial charge in [0.1, 0.15) is 0 Å². The van der Waals surface area contributed by atoms with Crippen LogP contribution in [0.25, 0.3) is 121 Å². The summed E-state index contributed by atoms with van der Waals surface area (Å²) in [6.07, 6.45) is 0.